The van der Waals surface area contributed by atoms with Gasteiger partial charge >= 0.3 is 0 Å². The number of nitrogens with zero attached hydrogens (tertiary/aromatic N) is 1. The summed E-state index contributed by atoms with van der Waals surface area (Å²) in [4.78, 5) is 29.8. The molecule has 0 radical (unpaired) electrons. The molecule has 6 heteroatoms. The molecule has 6 nitrogen and oxygen atoms in total. The number of pyridine rings is 1. The van der Waals surface area contributed by atoms with Crippen LogP contribution in [0.4, 0.5) is 11.4 Å². The topological polar surface area (TPSA) is 80.3 Å². The highest BCUT2D eigenvalue weighted by atomic mass is 16.5. The second-order valence-corrected chi connectivity index (χ2v) is 7.04. The second-order valence-electron chi connectivity index (χ2n) is 7.04. The summed E-state index contributed by atoms with van der Waals surface area (Å²) in [6.45, 7) is 1.80. The number of ether oxygens (including phenoxy) is 1. The summed E-state index contributed by atoms with van der Waals surface area (Å²) in [6, 6.07) is 23.3. The Morgan fingerprint density at radius 2 is 1.52 bits per heavy atom. The van der Waals surface area contributed by atoms with E-state index < -0.39 is 0 Å². The highest BCUT2D eigenvalue weighted by molar-refractivity contribution is 6.08. The standard InChI is InChI=1S/C25H21N3O3/c1-16-22(13-18-11-12-21(31-2)15-23(18)26-16)25(30)28-20-10-6-9-19(14-20)27-24(29)17-7-4-3-5-8-17/h3-15H,1-2H3,(H,27,29)(H,28,30). The third-order valence-electron chi connectivity index (χ3n) is 4.87. The Morgan fingerprint density at radius 3 is 2.23 bits per heavy atom. The zero-order chi connectivity index (χ0) is 21.8. The number of carbonyl (C=O) groups excluding carboxylic acids is 2. The lowest BCUT2D eigenvalue weighted by atomic mass is 10.1. The number of hydrogen-bond acceptors (Lipinski definition) is 4. The summed E-state index contributed by atoms with van der Waals surface area (Å²) >= 11 is 0. The Bertz CT molecular complexity index is 1270. The van der Waals surface area contributed by atoms with Crippen molar-refractivity contribution in [3.05, 3.63) is 95.7 Å². The SMILES string of the molecule is COc1ccc2cc(C(=O)Nc3cccc(NC(=O)c4ccccc4)c3)c(C)nc2c1. The fourth-order valence-electron chi connectivity index (χ4n) is 3.27. The zero-order valence-corrected chi connectivity index (χ0v) is 17.2. The molecule has 0 saturated heterocycles. The van der Waals surface area contributed by atoms with Crippen LogP contribution in [0.15, 0.2) is 78.9 Å². The maximum atomic E-state index is 12.9. The van der Waals surface area contributed by atoms with E-state index >= 15 is 0 Å². The van der Waals surface area contributed by atoms with E-state index in [-0.39, 0.29) is 11.8 Å². The molecule has 3 aromatic carbocycles. The third-order valence-corrected chi connectivity index (χ3v) is 4.87. The Balaban J connectivity index is 1.53. The minimum absolute atomic E-state index is 0.214. The van der Waals surface area contributed by atoms with Crippen molar-refractivity contribution in [1.29, 1.82) is 0 Å². The van der Waals surface area contributed by atoms with Gasteiger partial charge in [0.15, 0.2) is 0 Å². The summed E-state index contributed by atoms with van der Waals surface area (Å²) in [5.41, 5.74) is 3.59. The van der Waals surface area contributed by atoms with Gasteiger partial charge in [0.05, 0.1) is 23.9 Å². The van der Waals surface area contributed by atoms with Crippen LogP contribution in [-0.2, 0) is 0 Å². The van der Waals surface area contributed by atoms with E-state index in [1.165, 1.54) is 0 Å². The quantitative estimate of drug-likeness (QED) is 0.481. The van der Waals surface area contributed by atoms with Crippen LogP contribution in [0.2, 0.25) is 0 Å². The summed E-state index contributed by atoms with van der Waals surface area (Å²) in [5.74, 6) is 0.231. The van der Waals surface area contributed by atoms with Gasteiger partial charge in [0.2, 0.25) is 0 Å². The Labute approximate surface area is 179 Å². The van der Waals surface area contributed by atoms with E-state index in [1.807, 2.05) is 42.5 Å². The van der Waals surface area contributed by atoms with Crippen LogP contribution in [0.1, 0.15) is 26.4 Å². The van der Waals surface area contributed by atoms with Crippen molar-refractivity contribution in [2.45, 2.75) is 6.92 Å². The van der Waals surface area contributed by atoms with Gasteiger partial charge < -0.3 is 15.4 Å². The first-order chi connectivity index (χ1) is 15.0. The van der Waals surface area contributed by atoms with Gasteiger partial charge in [-0.1, -0.05) is 24.3 Å². The van der Waals surface area contributed by atoms with Crippen molar-refractivity contribution in [3.8, 4) is 5.75 Å². The Kier molecular flexibility index (Phi) is 5.62. The van der Waals surface area contributed by atoms with E-state index in [1.54, 1.807) is 50.4 Å². The minimum atomic E-state index is -0.269. The molecule has 4 rings (SSSR count). The van der Waals surface area contributed by atoms with Crippen molar-refractivity contribution in [2.75, 3.05) is 17.7 Å². The van der Waals surface area contributed by atoms with Crippen molar-refractivity contribution in [3.63, 3.8) is 0 Å². The predicted molar refractivity (Wildman–Crippen MR) is 122 cm³/mol. The van der Waals surface area contributed by atoms with Gasteiger partial charge in [-0.2, -0.15) is 0 Å². The van der Waals surface area contributed by atoms with Gasteiger partial charge in [0.1, 0.15) is 5.75 Å². The number of rotatable bonds is 5. The first-order valence-corrected chi connectivity index (χ1v) is 9.77. The summed E-state index contributed by atoms with van der Waals surface area (Å²) < 4.78 is 5.24. The number of hydrogen-bond donors (Lipinski definition) is 2. The van der Waals surface area contributed by atoms with Gasteiger partial charge in [-0.05, 0) is 55.5 Å². The number of carbonyl (C=O) groups is 2. The molecule has 0 atom stereocenters. The molecule has 1 heterocycles. The van der Waals surface area contributed by atoms with E-state index in [2.05, 4.69) is 15.6 Å². The average molecular weight is 411 g/mol. The highest BCUT2D eigenvalue weighted by Crippen LogP contribution is 2.23. The van der Waals surface area contributed by atoms with Gasteiger partial charge in [0.25, 0.3) is 11.8 Å². The number of aromatic nitrogens is 1. The van der Waals surface area contributed by atoms with E-state index in [0.29, 0.717) is 33.9 Å². The van der Waals surface area contributed by atoms with Crippen molar-refractivity contribution in [2.24, 2.45) is 0 Å². The van der Waals surface area contributed by atoms with Crippen LogP contribution in [0.3, 0.4) is 0 Å². The van der Waals surface area contributed by atoms with E-state index in [0.717, 1.165) is 10.9 Å². The molecule has 0 bridgehead atoms. The molecule has 2 amide bonds. The normalized spacial score (nSPS) is 10.5. The fourth-order valence-corrected chi connectivity index (χ4v) is 3.27. The molecule has 4 aromatic rings. The smallest absolute Gasteiger partial charge is 0.257 e. The first-order valence-electron chi connectivity index (χ1n) is 9.77. The Morgan fingerprint density at radius 1 is 0.806 bits per heavy atom. The van der Waals surface area contributed by atoms with Crippen LogP contribution in [-0.4, -0.2) is 23.9 Å². The summed E-state index contributed by atoms with van der Waals surface area (Å²) in [6.07, 6.45) is 0. The van der Waals surface area contributed by atoms with Crippen molar-refractivity contribution in [1.82, 2.24) is 4.98 Å². The lowest BCUT2D eigenvalue weighted by molar-refractivity contribution is 0.101. The van der Waals surface area contributed by atoms with Gasteiger partial charge in [0, 0.05) is 28.4 Å². The van der Waals surface area contributed by atoms with Crippen LogP contribution in [0.25, 0.3) is 10.9 Å². The van der Waals surface area contributed by atoms with Crippen LogP contribution >= 0.6 is 0 Å². The molecule has 0 fully saturated rings. The third kappa shape index (κ3) is 4.53. The summed E-state index contributed by atoms with van der Waals surface area (Å²) in [5, 5.41) is 6.58. The monoisotopic (exact) mass is 411 g/mol. The minimum Gasteiger partial charge on any atom is -0.497 e. The summed E-state index contributed by atoms with van der Waals surface area (Å²) in [7, 11) is 1.60. The van der Waals surface area contributed by atoms with Crippen LogP contribution in [0.5, 0.6) is 5.75 Å². The molecule has 0 spiro atoms. The molecule has 1 aromatic heterocycles. The van der Waals surface area contributed by atoms with Crippen LogP contribution < -0.4 is 15.4 Å². The first kappa shape index (κ1) is 20.1. The van der Waals surface area contributed by atoms with Crippen molar-refractivity contribution < 1.29 is 14.3 Å². The molecule has 2 N–H and O–H groups in total. The molecule has 31 heavy (non-hydrogen) atoms. The number of aryl methyl sites for hydroxylation is 1. The second kappa shape index (κ2) is 8.67. The number of nitrogens with one attached hydrogen (secondary N) is 2. The van der Waals surface area contributed by atoms with Gasteiger partial charge in [-0.15, -0.1) is 0 Å². The number of benzene rings is 3. The highest BCUT2D eigenvalue weighted by Gasteiger charge is 2.13. The number of fused-ring (bicyclic) bond motifs is 1. The molecule has 0 unspecified atom stereocenters. The van der Waals surface area contributed by atoms with Crippen molar-refractivity contribution >= 4 is 34.1 Å². The maximum Gasteiger partial charge on any atom is 0.257 e. The molecule has 0 aliphatic heterocycles. The predicted octanol–water partition coefficient (Wildman–Crippen LogP) is 5.06. The van der Waals surface area contributed by atoms with Gasteiger partial charge in [-0.3, -0.25) is 14.6 Å². The zero-order valence-electron chi connectivity index (χ0n) is 17.2. The van der Waals surface area contributed by atoms with Crippen LogP contribution in [0, 0.1) is 6.92 Å². The molecule has 154 valence electrons. The maximum absolute atomic E-state index is 12.9. The lowest BCUT2D eigenvalue weighted by Gasteiger charge is -2.11. The lowest BCUT2D eigenvalue weighted by Crippen LogP contribution is -2.15. The fraction of sp³-hybridized carbons (Fsp3) is 0.0800. The Hall–Kier alpha value is -4.19. The molecule has 0 aliphatic carbocycles. The van der Waals surface area contributed by atoms with E-state index in [9.17, 15) is 9.59 Å². The largest absolute Gasteiger partial charge is 0.497 e. The molecule has 0 aliphatic rings. The average Bonchev–Trinajstić information content (AvgIpc) is 2.79. The van der Waals surface area contributed by atoms with Gasteiger partial charge in [-0.25, -0.2) is 0 Å². The molecular formula is C25H21N3O3. The number of anilines is 2. The number of amides is 2. The number of methoxy groups -OCH3 is 1. The molecule has 0 saturated carbocycles. The molecular weight excluding hydrogens is 390 g/mol. The van der Waals surface area contributed by atoms with E-state index in [4.69, 9.17) is 4.74 Å².